The highest BCUT2D eigenvalue weighted by Gasteiger charge is 2.27. The van der Waals surface area contributed by atoms with Gasteiger partial charge in [0, 0.05) is 6.04 Å². The summed E-state index contributed by atoms with van der Waals surface area (Å²) in [7, 11) is -3.48. The van der Waals surface area contributed by atoms with Crippen LogP contribution >= 0.6 is 0 Å². The molecule has 0 atom stereocenters. The van der Waals surface area contributed by atoms with Crippen molar-refractivity contribution in [1.82, 2.24) is 4.72 Å². The van der Waals surface area contributed by atoms with Gasteiger partial charge in [0.25, 0.3) is 0 Å². The van der Waals surface area contributed by atoms with E-state index in [9.17, 15) is 13.2 Å². The first-order valence-corrected chi connectivity index (χ1v) is 6.30. The largest absolute Gasteiger partial charge is 0.240 e. The molecule has 1 N–H and O–H groups in total. The van der Waals surface area contributed by atoms with Crippen LogP contribution in [0.3, 0.4) is 0 Å². The Labute approximate surface area is 93.3 Å². The van der Waals surface area contributed by atoms with Gasteiger partial charge >= 0.3 is 0 Å². The summed E-state index contributed by atoms with van der Waals surface area (Å²) < 4.78 is 26.1. The molecular formula is C10H10N2O3S. The molecule has 0 saturated heterocycles. The van der Waals surface area contributed by atoms with Crippen molar-refractivity contribution >= 4 is 21.8 Å². The topological polar surface area (TPSA) is 75.6 Å². The molecule has 1 aromatic carbocycles. The number of nitrogens with one attached hydrogen (secondary N) is 1. The lowest BCUT2D eigenvalue weighted by atomic mass is 10.3. The summed E-state index contributed by atoms with van der Waals surface area (Å²) in [5, 5.41) is 0. The van der Waals surface area contributed by atoms with E-state index in [1.165, 1.54) is 24.3 Å². The van der Waals surface area contributed by atoms with Crippen molar-refractivity contribution in [3.05, 3.63) is 24.3 Å². The molecule has 5 nitrogen and oxygen atoms in total. The molecule has 0 spiro atoms. The van der Waals surface area contributed by atoms with E-state index in [0.29, 0.717) is 0 Å². The molecule has 16 heavy (non-hydrogen) atoms. The van der Waals surface area contributed by atoms with Crippen LogP contribution in [0, 0.1) is 0 Å². The molecule has 0 aliphatic heterocycles. The Hall–Kier alpha value is -1.49. The van der Waals surface area contributed by atoms with Gasteiger partial charge in [-0.15, -0.1) is 0 Å². The Kier molecular flexibility index (Phi) is 2.87. The van der Waals surface area contributed by atoms with Gasteiger partial charge < -0.3 is 0 Å². The van der Waals surface area contributed by atoms with Crippen molar-refractivity contribution in [2.75, 3.05) is 0 Å². The van der Waals surface area contributed by atoms with Gasteiger partial charge in [-0.1, -0.05) is 6.07 Å². The normalized spacial score (nSPS) is 15.5. The van der Waals surface area contributed by atoms with Crippen LogP contribution in [-0.4, -0.2) is 20.5 Å². The molecule has 0 radical (unpaired) electrons. The lowest BCUT2D eigenvalue weighted by molar-refractivity contribution is 0.565. The third kappa shape index (κ3) is 2.55. The first kappa shape index (κ1) is 11.0. The number of hydrogen-bond donors (Lipinski definition) is 1. The summed E-state index contributed by atoms with van der Waals surface area (Å²) >= 11 is 0. The van der Waals surface area contributed by atoms with Gasteiger partial charge in [0.1, 0.15) is 0 Å². The zero-order valence-electron chi connectivity index (χ0n) is 8.38. The zero-order valence-corrected chi connectivity index (χ0v) is 9.20. The monoisotopic (exact) mass is 238 g/mol. The van der Waals surface area contributed by atoms with E-state index in [1.807, 2.05) is 0 Å². The van der Waals surface area contributed by atoms with Gasteiger partial charge in [0.05, 0.1) is 10.6 Å². The van der Waals surface area contributed by atoms with Gasteiger partial charge in [0.2, 0.25) is 16.1 Å². The van der Waals surface area contributed by atoms with Crippen LogP contribution in [0.1, 0.15) is 12.8 Å². The highest BCUT2D eigenvalue weighted by atomic mass is 32.2. The summed E-state index contributed by atoms with van der Waals surface area (Å²) in [5.74, 6) is 0. The number of hydrogen-bond acceptors (Lipinski definition) is 4. The second-order valence-electron chi connectivity index (χ2n) is 3.60. The third-order valence-corrected chi connectivity index (χ3v) is 3.72. The summed E-state index contributed by atoms with van der Waals surface area (Å²) in [6, 6.07) is 5.95. The quantitative estimate of drug-likeness (QED) is 0.630. The first-order chi connectivity index (χ1) is 7.62. The molecule has 1 aliphatic carbocycles. The van der Waals surface area contributed by atoms with Gasteiger partial charge in [-0.25, -0.2) is 17.9 Å². The minimum absolute atomic E-state index is 0.0585. The molecule has 1 fully saturated rings. The van der Waals surface area contributed by atoms with Crippen LogP contribution in [0.25, 0.3) is 0 Å². The van der Waals surface area contributed by atoms with Crippen LogP contribution < -0.4 is 4.72 Å². The minimum atomic E-state index is -3.48. The molecule has 0 aromatic heterocycles. The van der Waals surface area contributed by atoms with E-state index >= 15 is 0 Å². The van der Waals surface area contributed by atoms with E-state index in [2.05, 4.69) is 9.71 Å². The van der Waals surface area contributed by atoms with E-state index in [1.54, 1.807) is 6.07 Å². The van der Waals surface area contributed by atoms with Crippen LogP contribution in [-0.2, 0) is 14.8 Å². The summed E-state index contributed by atoms with van der Waals surface area (Å²) in [6.45, 7) is 0. The fourth-order valence-corrected chi connectivity index (χ4v) is 2.61. The number of sulfonamides is 1. The summed E-state index contributed by atoms with van der Waals surface area (Å²) in [5.41, 5.74) is 0.286. The number of rotatable bonds is 4. The highest BCUT2D eigenvalue weighted by molar-refractivity contribution is 7.89. The number of nitrogens with zero attached hydrogens (tertiary/aromatic N) is 1. The Morgan fingerprint density at radius 1 is 1.38 bits per heavy atom. The van der Waals surface area contributed by atoms with Crippen LogP contribution in [0.15, 0.2) is 34.2 Å². The molecule has 1 aliphatic rings. The number of isocyanates is 1. The molecule has 2 rings (SSSR count). The molecule has 1 saturated carbocycles. The molecular weight excluding hydrogens is 228 g/mol. The second kappa shape index (κ2) is 4.17. The SMILES string of the molecule is O=C=Nc1cccc(S(=O)(=O)NC2CC2)c1. The van der Waals surface area contributed by atoms with Gasteiger partial charge in [-0.05, 0) is 31.0 Å². The zero-order chi connectivity index (χ0) is 11.6. The second-order valence-corrected chi connectivity index (χ2v) is 5.31. The maximum atomic E-state index is 11.8. The fourth-order valence-electron chi connectivity index (χ4n) is 1.26. The Morgan fingerprint density at radius 3 is 2.75 bits per heavy atom. The summed E-state index contributed by atoms with van der Waals surface area (Å²) in [6.07, 6.45) is 3.14. The highest BCUT2D eigenvalue weighted by Crippen LogP contribution is 2.23. The van der Waals surface area contributed by atoms with Crippen LogP contribution in [0.2, 0.25) is 0 Å². The van der Waals surface area contributed by atoms with Crippen molar-refractivity contribution in [2.45, 2.75) is 23.8 Å². The average Bonchev–Trinajstić information content (AvgIpc) is 3.02. The van der Waals surface area contributed by atoms with E-state index in [0.717, 1.165) is 12.8 Å². The number of aliphatic imine (C=N–C) groups is 1. The minimum Gasteiger partial charge on any atom is -0.211 e. The molecule has 0 unspecified atom stereocenters. The molecule has 84 valence electrons. The lowest BCUT2D eigenvalue weighted by Gasteiger charge is -2.05. The predicted molar refractivity (Wildman–Crippen MR) is 57.6 cm³/mol. The van der Waals surface area contributed by atoms with E-state index < -0.39 is 10.0 Å². The number of benzene rings is 1. The smallest absolute Gasteiger partial charge is 0.211 e. The molecule has 0 bridgehead atoms. The maximum absolute atomic E-state index is 11.8. The van der Waals surface area contributed by atoms with Crippen molar-refractivity contribution in [3.8, 4) is 0 Å². The lowest BCUT2D eigenvalue weighted by Crippen LogP contribution is -2.25. The summed E-state index contributed by atoms with van der Waals surface area (Å²) in [4.78, 5) is 13.6. The van der Waals surface area contributed by atoms with Crippen molar-refractivity contribution in [3.63, 3.8) is 0 Å². The molecule has 0 heterocycles. The Balaban J connectivity index is 2.31. The molecule has 6 heteroatoms. The fraction of sp³-hybridized carbons (Fsp3) is 0.300. The van der Waals surface area contributed by atoms with Crippen LogP contribution in [0.4, 0.5) is 5.69 Å². The van der Waals surface area contributed by atoms with Gasteiger partial charge in [0.15, 0.2) is 0 Å². The predicted octanol–water partition coefficient (Wildman–Crippen LogP) is 1.09. The Bertz CT molecular complexity index is 543. The van der Waals surface area contributed by atoms with Crippen molar-refractivity contribution in [1.29, 1.82) is 0 Å². The van der Waals surface area contributed by atoms with Crippen molar-refractivity contribution < 1.29 is 13.2 Å². The first-order valence-electron chi connectivity index (χ1n) is 4.82. The van der Waals surface area contributed by atoms with E-state index in [-0.39, 0.29) is 16.6 Å². The molecule has 1 aromatic rings. The van der Waals surface area contributed by atoms with E-state index in [4.69, 9.17) is 0 Å². The van der Waals surface area contributed by atoms with Crippen molar-refractivity contribution in [2.24, 2.45) is 4.99 Å². The number of carbonyl (C=O) groups excluding carboxylic acids is 1. The standard InChI is InChI=1S/C10H10N2O3S/c13-7-11-9-2-1-3-10(6-9)16(14,15)12-8-4-5-8/h1-3,6,8,12H,4-5H2. The third-order valence-electron chi connectivity index (χ3n) is 2.20. The Morgan fingerprint density at radius 2 is 2.12 bits per heavy atom. The molecule has 0 amide bonds. The average molecular weight is 238 g/mol. The maximum Gasteiger partial charge on any atom is 0.240 e. The van der Waals surface area contributed by atoms with Gasteiger partial charge in [-0.2, -0.15) is 4.99 Å². The van der Waals surface area contributed by atoms with Gasteiger partial charge in [-0.3, -0.25) is 0 Å². The van der Waals surface area contributed by atoms with Crippen LogP contribution in [0.5, 0.6) is 0 Å².